The van der Waals surface area contributed by atoms with Crippen LogP contribution in [0, 0.1) is 11.8 Å². The molecule has 8 heteroatoms. The highest BCUT2D eigenvalue weighted by Crippen LogP contribution is 2.40. The van der Waals surface area contributed by atoms with Crippen LogP contribution in [0.25, 0.3) is 0 Å². The molecule has 1 N–H and O–H groups in total. The van der Waals surface area contributed by atoms with Crippen molar-refractivity contribution in [1.82, 2.24) is 0 Å². The van der Waals surface area contributed by atoms with Gasteiger partial charge in [0.05, 0.1) is 5.92 Å². The quantitative estimate of drug-likeness (QED) is 0.417. The van der Waals surface area contributed by atoms with Crippen LogP contribution in [0.2, 0.25) is 0 Å². The first-order chi connectivity index (χ1) is 13.9. The molecule has 1 fully saturated rings. The predicted octanol–water partition coefficient (Wildman–Crippen LogP) is 1.81. The lowest BCUT2D eigenvalue weighted by molar-refractivity contribution is -0.194. The molecule has 2 aliphatic rings. The molecule has 0 aromatic rings. The van der Waals surface area contributed by atoms with Crippen LogP contribution >= 0.6 is 0 Å². The van der Waals surface area contributed by atoms with E-state index in [2.05, 4.69) is 6.58 Å². The van der Waals surface area contributed by atoms with E-state index in [0.29, 0.717) is 6.42 Å². The summed E-state index contributed by atoms with van der Waals surface area (Å²) >= 11 is 0. The van der Waals surface area contributed by atoms with E-state index in [9.17, 15) is 24.3 Å². The Balaban J connectivity index is 2.68. The number of hydrogen-bond acceptors (Lipinski definition) is 8. The predicted molar refractivity (Wildman–Crippen MR) is 106 cm³/mol. The lowest BCUT2D eigenvalue weighted by atomic mass is 9.77. The molecule has 0 amide bonds. The highest BCUT2D eigenvalue weighted by atomic mass is 16.6. The Morgan fingerprint density at radius 3 is 2.50 bits per heavy atom. The Morgan fingerprint density at radius 1 is 1.30 bits per heavy atom. The summed E-state index contributed by atoms with van der Waals surface area (Å²) in [5, 5.41) is 11.1. The summed E-state index contributed by atoms with van der Waals surface area (Å²) in [5.74, 6) is -4.03. The van der Waals surface area contributed by atoms with E-state index in [0.717, 1.165) is 6.92 Å². The van der Waals surface area contributed by atoms with Gasteiger partial charge in [0.25, 0.3) is 0 Å². The van der Waals surface area contributed by atoms with Gasteiger partial charge in [0.1, 0.15) is 6.10 Å². The molecule has 6 atom stereocenters. The van der Waals surface area contributed by atoms with Gasteiger partial charge in [0, 0.05) is 18.1 Å². The van der Waals surface area contributed by atoms with Crippen LogP contribution in [-0.4, -0.2) is 52.7 Å². The van der Waals surface area contributed by atoms with E-state index in [1.807, 2.05) is 6.92 Å². The second kappa shape index (κ2) is 8.95. The maximum Gasteiger partial charge on any atom is 0.334 e. The van der Waals surface area contributed by atoms with Gasteiger partial charge in [-0.25, -0.2) is 9.59 Å². The minimum Gasteiger partial charge on any atom is -0.458 e. The van der Waals surface area contributed by atoms with E-state index in [1.165, 1.54) is 26.0 Å². The maximum absolute atomic E-state index is 12.7. The van der Waals surface area contributed by atoms with Crippen molar-refractivity contribution < 1.29 is 38.5 Å². The lowest BCUT2D eigenvalue weighted by Crippen LogP contribution is -2.58. The molecule has 30 heavy (non-hydrogen) atoms. The molecule has 2 rings (SSSR count). The highest BCUT2D eigenvalue weighted by Gasteiger charge is 2.55. The first kappa shape index (κ1) is 23.5. The van der Waals surface area contributed by atoms with Crippen LogP contribution in [0.1, 0.15) is 41.0 Å². The highest BCUT2D eigenvalue weighted by molar-refractivity contribution is 5.98. The van der Waals surface area contributed by atoms with Crippen molar-refractivity contribution in [3.63, 3.8) is 0 Å². The van der Waals surface area contributed by atoms with Crippen LogP contribution in [0.15, 0.2) is 36.0 Å². The van der Waals surface area contributed by atoms with Crippen molar-refractivity contribution in [2.75, 3.05) is 0 Å². The fourth-order valence-electron chi connectivity index (χ4n) is 3.60. The van der Waals surface area contributed by atoms with E-state index in [1.54, 1.807) is 13.0 Å². The molecule has 1 heterocycles. The van der Waals surface area contributed by atoms with E-state index < -0.39 is 53.5 Å². The number of esters is 3. The fraction of sp³-hybridized carbons (Fsp3) is 0.545. The molecule has 1 aliphatic heterocycles. The molecule has 1 aliphatic carbocycles. The minimum atomic E-state index is -2.23. The summed E-state index contributed by atoms with van der Waals surface area (Å²) in [6.45, 7) is 11.0. The Labute approximate surface area is 175 Å². The van der Waals surface area contributed by atoms with Crippen molar-refractivity contribution >= 4 is 23.7 Å². The van der Waals surface area contributed by atoms with Crippen molar-refractivity contribution in [1.29, 1.82) is 0 Å². The molecular formula is C22H28O8. The molecule has 0 saturated carbocycles. The van der Waals surface area contributed by atoms with Gasteiger partial charge < -0.3 is 19.3 Å². The number of ketones is 1. The second-order valence-corrected chi connectivity index (χ2v) is 7.95. The van der Waals surface area contributed by atoms with E-state index >= 15 is 0 Å². The summed E-state index contributed by atoms with van der Waals surface area (Å²) in [6.07, 6.45) is 0.930. The molecule has 0 bridgehead atoms. The summed E-state index contributed by atoms with van der Waals surface area (Å²) in [4.78, 5) is 49.5. The Morgan fingerprint density at radius 2 is 1.93 bits per heavy atom. The molecule has 0 aromatic carbocycles. The summed E-state index contributed by atoms with van der Waals surface area (Å²) in [6, 6.07) is 0. The van der Waals surface area contributed by atoms with E-state index in [4.69, 9.17) is 14.2 Å². The molecule has 8 nitrogen and oxygen atoms in total. The average Bonchev–Trinajstić information content (AvgIpc) is 2.94. The minimum absolute atomic E-state index is 0.0214. The Bertz CT molecular complexity index is 819. The van der Waals surface area contributed by atoms with Crippen molar-refractivity contribution in [3.8, 4) is 0 Å². The number of aliphatic hydroxyl groups is 1. The lowest BCUT2D eigenvalue weighted by Gasteiger charge is -2.39. The zero-order valence-corrected chi connectivity index (χ0v) is 17.8. The largest absolute Gasteiger partial charge is 0.458 e. The van der Waals surface area contributed by atoms with Gasteiger partial charge in [-0.05, 0) is 39.2 Å². The van der Waals surface area contributed by atoms with Crippen molar-refractivity contribution in [3.05, 3.63) is 36.0 Å². The molecular weight excluding hydrogens is 392 g/mol. The molecule has 0 spiro atoms. The van der Waals surface area contributed by atoms with Gasteiger partial charge in [0.15, 0.2) is 23.6 Å². The first-order valence-corrected chi connectivity index (χ1v) is 9.76. The second-order valence-electron chi connectivity index (χ2n) is 7.95. The molecule has 1 saturated heterocycles. The zero-order valence-electron chi connectivity index (χ0n) is 17.8. The summed E-state index contributed by atoms with van der Waals surface area (Å²) in [7, 11) is 0. The van der Waals surface area contributed by atoms with Crippen LogP contribution in [-0.2, 0) is 33.4 Å². The third kappa shape index (κ3) is 4.70. The van der Waals surface area contributed by atoms with Crippen molar-refractivity contribution in [2.24, 2.45) is 11.8 Å². The zero-order chi connectivity index (χ0) is 22.8. The Kier molecular flexibility index (Phi) is 7.02. The van der Waals surface area contributed by atoms with Gasteiger partial charge in [-0.1, -0.05) is 25.7 Å². The van der Waals surface area contributed by atoms with E-state index in [-0.39, 0.29) is 17.1 Å². The van der Waals surface area contributed by atoms with Crippen LogP contribution in [0.4, 0.5) is 0 Å². The number of allylic oxidation sites excluding steroid dienone is 2. The normalized spacial score (nSPS) is 35.9. The van der Waals surface area contributed by atoms with Crippen LogP contribution < -0.4 is 0 Å². The standard InChI is InChI=1S/C22H28O8/c1-7-12(3)20(25)30-18-17-13(4)21(26)29-15(17)10-11(2)8-9-16(24)22(6,27)19(18)28-14(5)23/h7-9,11,15,17-19,27H,4,10H2,1-3,5-6H3/b9-8-,12-7+/t11-,15+,17-,18-,19+,22-/m0/s1. The molecule has 164 valence electrons. The number of rotatable bonds is 3. The van der Waals surface area contributed by atoms with Gasteiger partial charge >= 0.3 is 17.9 Å². The number of carbonyl (C=O) groups is 4. The van der Waals surface area contributed by atoms with Crippen LogP contribution in [0.3, 0.4) is 0 Å². The smallest absolute Gasteiger partial charge is 0.334 e. The monoisotopic (exact) mass is 420 g/mol. The van der Waals surface area contributed by atoms with Crippen LogP contribution in [0.5, 0.6) is 0 Å². The SMILES string of the molecule is C=C1C(=O)O[C@@H]2C[C@@H](C)/C=C\C(=O)[C@](C)(O)[C@H](OC(C)=O)[C@@H](OC(=O)/C(C)=C/C)[C@@H]12. The van der Waals surface area contributed by atoms with Gasteiger partial charge in [-0.2, -0.15) is 0 Å². The number of ether oxygens (including phenoxy) is 3. The third-order valence-electron chi connectivity index (χ3n) is 5.50. The molecule has 0 radical (unpaired) electrons. The molecule has 0 aromatic heterocycles. The number of fused-ring (bicyclic) bond motifs is 1. The number of hydrogen-bond donors (Lipinski definition) is 1. The fourth-order valence-corrected chi connectivity index (χ4v) is 3.60. The maximum atomic E-state index is 12.7. The summed E-state index contributed by atoms with van der Waals surface area (Å²) in [5.41, 5.74) is -1.95. The first-order valence-electron chi connectivity index (χ1n) is 9.76. The van der Waals surface area contributed by atoms with Gasteiger partial charge in [-0.15, -0.1) is 0 Å². The van der Waals surface area contributed by atoms with Gasteiger partial charge in [-0.3, -0.25) is 9.59 Å². The number of carbonyl (C=O) groups excluding carboxylic acids is 4. The summed E-state index contributed by atoms with van der Waals surface area (Å²) < 4.78 is 16.4. The average molecular weight is 420 g/mol. The molecule has 0 unspecified atom stereocenters. The van der Waals surface area contributed by atoms with Crippen molar-refractivity contribution in [2.45, 2.75) is 65.0 Å². The topological polar surface area (TPSA) is 116 Å². The van der Waals surface area contributed by atoms with Gasteiger partial charge in [0.2, 0.25) is 0 Å². The Hall–Kier alpha value is -2.74. The third-order valence-corrected chi connectivity index (χ3v) is 5.50.